The summed E-state index contributed by atoms with van der Waals surface area (Å²) in [4.78, 5) is 13.1. The zero-order valence-electron chi connectivity index (χ0n) is 16.7. The fourth-order valence-electron chi connectivity index (χ4n) is 2.89. The summed E-state index contributed by atoms with van der Waals surface area (Å²) in [5, 5.41) is -0.657. The molecule has 4 nitrogen and oxygen atoms in total. The number of hydrogen-bond acceptors (Lipinski definition) is 4. The predicted molar refractivity (Wildman–Crippen MR) is 100 cm³/mol. The molecule has 1 radical (unpaired) electrons. The smallest absolute Gasteiger partial charge is 0.402 e. The van der Waals surface area contributed by atoms with Gasteiger partial charge in [-0.25, -0.2) is 0 Å². The van der Waals surface area contributed by atoms with Crippen LogP contribution in [-0.2, 0) is 18.1 Å². The van der Waals surface area contributed by atoms with E-state index in [1.54, 1.807) is 0 Å². The van der Waals surface area contributed by atoms with Crippen LogP contribution in [0.4, 0.5) is 0 Å². The second kappa shape index (κ2) is 9.34. The Bertz CT molecular complexity index is 358. The van der Waals surface area contributed by atoms with E-state index >= 15 is 0 Å². The highest BCUT2D eigenvalue weighted by molar-refractivity contribution is 6.78. The molecule has 0 saturated heterocycles. The largest absolute Gasteiger partial charge is 0.518 e. The fraction of sp³-hybridized carbons (Fsp3) is 0.941. The van der Waals surface area contributed by atoms with Crippen molar-refractivity contribution in [2.75, 3.05) is 13.2 Å². The number of carbonyl (C=O) groups is 1. The Hall–Kier alpha value is -0.176. The molecular formula is C17H37O4Si2. The van der Waals surface area contributed by atoms with Crippen LogP contribution in [0.3, 0.4) is 0 Å². The Balaban J connectivity index is 5.57. The zero-order valence-corrected chi connectivity index (χ0v) is 18.7. The van der Waals surface area contributed by atoms with E-state index in [2.05, 4.69) is 34.6 Å². The van der Waals surface area contributed by atoms with Gasteiger partial charge >= 0.3 is 9.28 Å². The molecule has 6 heteroatoms. The molecule has 0 N–H and O–H groups in total. The van der Waals surface area contributed by atoms with E-state index in [0.717, 1.165) is 12.1 Å². The minimum Gasteiger partial charge on any atom is -0.518 e. The average Bonchev–Trinajstić information content (AvgIpc) is 2.50. The van der Waals surface area contributed by atoms with Crippen molar-refractivity contribution < 1.29 is 18.1 Å². The molecule has 0 aliphatic heterocycles. The van der Waals surface area contributed by atoms with Crippen molar-refractivity contribution >= 4 is 23.6 Å². The highest BCUT2D eigenvalue weighted by Gasteiger charge is 2.53. The second-order valence-electron chi connectivity index (χ2n) is 7.18. The molecule has 0 bridgehead atoms. The minimum absolute atomic E-state index is 0.0188. The average molecular weight is 362 g/mol. The first-order valence-electron chi connectivity index (χ1n) is 8.94. The summed E-state index contributed by atoms with van der Waals surface area (Å²) in [5.41, 5.74) is 0. The summed E-state index contributed by atoms with van der Waals surface area (Å²) < 4.78 is 17.9. The molecule has 0 fully saturated rings. The van der Waals surface area contributed by atoms with Crippen LogP contribution in [0, 0.1) is 0 Å². The molecule has 0 aromatic rings. The maximum absolute atomic E-state index is 13.1. The lowest BCUT2D eigenvalue weighted by Crippen LogP contribution is -2.52. The standard InChI is InChI=1S/C17H37O4Si2/c1-10-17(9,22(19-11-2)20-12-3)15(18)21-23(13-4,14-5)16(6,7)8/h10-14H2,1-9H3. The van der Waals surface area contributed by atoms with Crippen LogP contribution in [0.15, 0.2) is 0 Å². The van der Waals surface area contributed by atoms with E-state index in [1.165, 1.54) is 0 Å². The summed E-state index contributed by atoms with van der Waals surface area (Å²) in [5.74, 6) is -0.124. The van der Waals surface area contributed by atoms with Gasteiger partial charge in [0.1, 0.15) is 5.04 Å². The van der Waals surface area contributed by atoms with E-state index in [-0.39, 0.29) is 11.0 Å². The topological polar surface area (TPSA) is 44.8 Å². The first-order valence-corrected chi connectivity index (χ1v) is 12.6. The summed E-state index contributed by atoms with van der Waals surface area (Å²) in [6.45, 7) is 19.8. The maximum atomic E-state index is 13.1. The van der Waals surface area contributed by atoms with Gasteiger partial charge in [-0.05, 0) is 44.3 Å². The third-order valence-electron chi connectivity index (χ3n) is 4.96. The van der Waals surface area contributed by atoms with Crippen LogP contribution in [0.1, 0.15) is 68.7 Å². The third kappa shape index (κ3) is 5.15. The lowest BCUT2D eigenvalue weighted by Gasteiger charge is -2.43. The van der Waals surface area contributed by atoms with Crippen molar-refractivity contribution in [2.24, 2.45) is 0 Å². The molecule has 1 atom stereocenters. The van der Waals surface area contributed by atoms with Crippen molar-refractivity contribution in [1.82, 2.24) is 0 Å². The monoisotopic (exact) mass is 361 g/mol. The molecule has 0 aromatic heterocycles. The molecule has 0 spiro atoms. The van der Waals surface area contributed by atoms with Gasteiger partial charge in [-0.1, -0.05) is 41.5 Å². The lowest BCUT2D eigenvalue weighted by atomic mass is 10.1. The molecule has 0 aliphatic carbocycles. The molecule has 0 rings (SSSR count). The van der Waals surface area contributed by atoms with Gasteiger partial charge in [0.05, 0.1) is 0 Å². The maximum Gasteiger partial charge on any atom is 0.402 e. The zero-order chi connectivity index (χ0) is 18.3. The van der Waals surface area contributed by atoms with Gasteiger partial charge in [0.25, 0.3) is 14.3 Å². The second-order valence-corrected chi connectivity index (χ2v) is 14.5. The summed E-state index contributed by atoms with van der Waals surface area (Å²) in [6.07, 6.45) is 0.669. The van der Waals surface area contributed by atoms with Crippen LogP contribution < -0.4 is 0 Å². The van der Waals surface area contributed by atoms with Gasteiger partial charge in [-0.2, -0.15) is 0 Å². The Morgan fingerprint density at radius 3 is 1.61 bits per heavy atom. The van der Waals surface area contributed by atoms with Gasteiger partial charge in [0.15, 0.2) is 0 Å². The van der Waals surface area contributed by atoms with E-state index in [1.807, 2.05) is 27.7 Å². The van der Waals surface area contributed by atoms with E-state index < -0.39 is 22.6 Å². The van der Waals surface area contributed by atoms with Crippen LogP contribution in [0.25, 0.3) is 0 Å². The van der Waals surface area contributed by atoms with Gasteiger partial charge in [-0.15, -0.1) is 0 Å². The van der Waals surface area contributed by atoms with Crippen molar-refractivity contribution in [3.05, 3.63) is 0 Å². The Morgan fingerprint density at radius 1 is 0.913 bits per heavy atom. The van der Waals surface area contributed by atoms with Crippen LogP contribution in [0.2, 0.25) is 22.2 Å². The normalized spacial score (nSPS) is 15.6. The van der Waals surface area contributed by atoms with E-state index in [4.69, 9.17) is 13.3 Å². The Morgan fingerprint density at radius 2 is 1.35 bits per heavy atom. The first-order chi connectivity index (χ1) is 10.6. The van der Waals surface area contributed by atoms with Crippen molar-refractivity contribution in [1.29, 1.82) is 0 Å². The van der Waals surface area contributed by atoms with Gasteiger partial charge in [0, 0.05) is 13.2 Å². The Kier molecular flexibility index (Phi) is 9.27. The number of rotatable bonds is 10. The van der Waals surface area contributed by atoms with Crippen molar-refractivity contribution in [2.45, 2.75) is 90.9 Å². The summed E-state index contributed by atoms with van der Waals surface area (Å²) in [7, 11) is -3.89. The van der Waals surface area contributed by atoms with Crippen molar-refractivity contribution in [3.63, 3.8) is 0 Å². The molecule has 0 aliphatic rings. The minimum atomic E-state index is -2.17. The van der Waals surface area contributed by atoms with Crippen LogP contribution in [0.5, 0.6) is 0 Å². The summed E-state index contributed by atoms with van der Waals surface area (Å²) >= 11 is 0. The van der Waals surface area contributed by atoms with Crippen molar-refractivity contribution in [3.8, 4) is 0 Å². The molecule has 0 aromatic carbocycles. The van der Waals surface area contributed by atoms with Gasteiger partial charge < -0.3 is 13.3 Å². The first kappa shape index (κ1) is 22.8. The molecular weight excluding hydrogens is 324 g/mol. The van der Waals surface area contributed by atoms with Gasteiger partial charge in [0.2, 0.25) is 0 Å². The van der Waals surface area contributed by atoms with Crippen LogP contribution >= 0.6 is 0 Å². The SMILES string of the molecule is CCO[Si](OCC)C(C)(CC)C(=O)O[Si](CC)(CC)C(C)(C)C. The highest BCUT2D eigenvalue weighted by Crippen LogP contribution is 2.45. The quantitative estimate of drug-likeness (QED) is 0.511. The molecule has 0 amide bonds. The predicted octanol–water partition coefficient (Wildman–Crippen LogP) is 5.05. The third-order valence-corrected chi connectivity index (χ3v) is 13.1. The number of hydrogen-bond donors (Lipinski definition) is 0. The molecule has 1 unspecified atom stereocenters. The molecule has 23 heavy (non-hydrogen) atoms. The fourth-order valence-corrected chi connectivity index (χ4v) is 8.54. The summed E-state index contributed by atoms with van der Waals surface area (Å²) in [6, 6.07) is 1.87. The highest BCUT2D eigenvalue weighted by atomic mass is 28.4. The number of carbonyl (C=O) groups excluding carboxylic acids is 1. The van der Waals surface area contributed by atoms with E-state index in [9.17, 15) is 4.79 Å². The van der Waals surface area contributed by atoms with Gasteiger partial charge in [-0.3, -0.25) is 4.79 Å². The molecule has 0 heterocycles. The molecule has 0 saturated carbocycles. The lowest BCUT2D eigenvalue weighted by molar-refractivity contribution is -0.140. The Labute approximate surface area is 146 Å². The molecule has 137 valence electrons. The van der Waals surface area contributed by atoms with E-state index in [0.29, 0.717) is 19.6 Å². The van der Waals surface area contributed by atoms with Crippen LogP contribution in [-0.4, -0.2) is 36.8 Å².